The normalized spacial score (nSPS) is 30.4. The highest BCUT2D eigenvalue weighted by Gasteiger charge is 2.53. The standard InChI is InChI=1S/C25H33N3O2/c1-2-21(25-14-18-10-19(15-25)12-20(11-18)16-25)26-23(29)8-9-24-27-22(28-30-24)13-17-6-4-3-5-7-17/h3-7,18-21H,2,8-16H2,1H3,(H,26,29)/t18?,19?,20?,21-,25?/m0/s1. The Hall–Kier alpha value is -2.17. The molecule has 4 saturated carbocycles. The summed E-state index contributed by atoms with van der Waals surface area (Å²) in [6.07, 6.45) is 10.9. The molecule has 1 aromatic heterocycles. The molecule has 1 heterocycles. The number of nitrogens with zero attached hydrogens (tertiary/aromatic N) is 2. The number of benzene rings is 1. The highest BCUT2D eigenvalue weighted by Crippen LogP contribution is 2.61. The first-order valence-corrected chi connectivity index (χ1v) is 11.8. The first kappa shape index (κ1) is 19.8. The molecule has 0 saturated heterocycles. The molecule has 30 heavy (non-hydrogen) atoms. The molecule has 4 aliphatic rings. The van der Waals surface area contributed by atoms with Crippen molar-refractivity contribution >= 4 is 5.91 Å². The number of hydrogen-bond donors (Lipinski definition) is 1. The molecule has 4 fully saturated rings. The number of aromatic nitrogens is 2. The van der Waals surface area contributed by atoms with Crippen LogP contribution in [0.4, 0.5) is 0 Å². The van der Waals surface area contributed by atoms with E-state index in [4.69, 9.17) is 4.52 Å². The Balaban J connectivity index is 1.15. The van der Waals surface area contributed by atoms with Crippen LogP contribution >= 0.6 is 0 Å². The minimum absolute atomic E-state index is 0.125. The van der Waals surface area contributed by atoms with E-state index in [1.807, 2.05) is 18.2 Å². The van der Waals surface area contributed by atoms with Gasteiger partial charge in [0.05, 0.1) is 0 Å². The second-order valence-corrected chi connectivity index (χ2v) is 10.1. The van der Waals surface area contributed by atoms with Crippen molar-refractivity contribution in [1.29, 1.82) is 0 Å². The minimum Gasteiger partial charge on any atom is -0.353 e. The van der Waals surface area contributed by atoms with Gasteiger partial charge >= 0.3 is 0 Å². The Morgan fingerprint density at radius 2 is 1.80 bits per heavy atom. The molecule has 2 aromatic rings. The van der Waals surface area contributed by atoms with Crippen LogP contribution in [0.2, 0.25) is 0 Å². The summed E-state index contributed by atoms with van der Waals surface area (Å²) in [5, 5.41) is 7.49. The van der Waals surface area contributed by atoms with Crippen LogP contribution in [0.15, 0.2) is 34.9 Å². The van der Waals surface area contributed by atoms with E-state index < -0.39 is 0 Å². The van der Waals surface area contributed by atoms with Crippen LogP contribution in [0.1, 0.15) is 75.6 Å². The molecule has 5 heteroatoms. The average Bonchev–Trinajstić information content (AvgIpc) is 3.17. The van der Waals surface area contributed by atoms with E-state index >= 15 is 0 Å². The Kier molecular flexibility index (Phi) is 5.38. The SMILES string of the molecule is CC[C@H](NC(=O)CCc1nc(Cc2ccccc2)no1)C12CC3CC(CC(C3)C1)C2. The fourth-order valence-corrected chi connectivity index (χ4v) is 7.02. The molecule has 5 nitrogen and oxygen atoms in total. The van der Waals surface area contributed by atoms with Crippen LogP contribution in [0.3, 0.4) is 0 Å². The average molecular weight is 408 g/mol. The van der Waals surface area contributed by atoms with Crippen LogP contribution in [0, 0.1) is 23.2 Å². The second kappa shape index (κ2) is 8.16. The Morgan fingerprint density at radius 1 is 1.13 bits per heavy atom. The van der Waals surface area contributed by atoms with Gasteiger partial charge in [-0.25, -0.2) is 0 Å². The number of rotatable bonds is 8. The van der Waals surface area contributed by atoms with E-state index in [1.54, 1.807) is 0 Å². The molecule has 0 aliphatic heterocycles. The molecule has 4 bridgehead atoms. The lowest BCUT2D eigenvalue weighted by molar-refractivity contribution is -0.126. The summed E-state index contributed by atoms with van der Waals surface area (Å²) in [5.74, 6) is 4.08. The van der Waals surface area contributed by atoms with E-state index in [0.29, 0.717) is 42.4 Å². The molecule has 4 aliphatic carbocycles. The molecule has 1 atom stereocenters. The molecule has 6 rings (SSSR count). The molecule has 1 N–H and O–H groups in total. The van der Waals surface area contributed by atoms with Crippen LogP contribution in [-0.4, -0.2) is 22.1 Å². The predicted molar refractivity (Wildman–Crippen MR) is 115 cm³/mol. The number of hydrogen-bond acceptors (Lipinski definition) is 4. The van der Waals surface area contributed by atoms with Gasteiger partial charge in [0.1, 0.15) is 0 Å². The second-order valence-electron chi connectivity index (χ2n) is 10.1. The quantitative estimate of drug-likeness (QED) is 0.688. The summed E-state index contributed by atoms with van der Waals surface area (Å²) < 4.78 is 5.38. The summed E-state index contributed by atoms with van der Waals surface area (Å²) in [5.41, 5.74) is 1.51. The van der Waals surface area contributed by atoms with Gasteiger partial charge in [0.25, 0.3) is 0 Å². The number of carbonyl (C=O) groups excluding carboxylic acids is 1. The third kappa shape index (κ3) is 4.03. The zero-order valence-corrected chi connectivity index (χ0v) is 18.0. The van der Waals surface area contributed by atoms with Crippen molar-refractivity contribution in [2.24, 2.45) is 23.2 Å². The van der Waals surface area contributed by atoms with Crippen molar-refractivity contribution in [2.75, 3.05) is 0 Å². The smallest absolute Gasteiger partial charge is 0.227 e. The van der Waals surface area contributed by atoms with E-state index in [0.717, 1.165) is 29.7 Å². The molecule has 0 spiro atoms. The van der Waals surface area contributed by atoms with Crippen LogP contribution in [0.5, 0.6) is 0 Å². The third-order valence-corrected chi connectivity index (χ3v) is 7.85. The molecule has 0 unspecified atom stereocenters. The van der Waals surface area contributed by atoms with E-state index in [2.05, 4.69) is 34.5 Å². The lowest BCUT2D eigenvalue weighted by Gasteiger charge is -2.59. The van der Waals surface area contributed by atoms with Gasteiger partial charge in [0, 0.05) is 25.3 Å². The van der Waals surface area contributed by atoms with Crippen molar-refractivity contribution in [3.8, 4) is 0 Å². The van der Waals surface area contributed by atoms with Crippen LogP contribution in [-0.2, 0) is 17.6 Å². The highest BCUT2D eigenvalue weighted by atomic mass is 16.5. The summed E-state index contributed by atoms with van der Waals surface area (Å²) in [6.45, 7) is 2.23. The minimum atomic E-state index is 0.125. The first-order chi connectivity index (χ1) is 14.6. The number of amides is 1. The van der Waals surface area contributed by atoms with Gasteiger partial charge in [-0.2, -0.15) is 4.98 Å². The summed E-state index contributed by atoms with van der Waals surface area (Å²) in [6, 6.07) is 10.4. The molecular weight excluding hydrogens is 374 g/mol. The van der Waals surface area contributed by atoms with Gasteiger partial charge in [-0.3, -0.25) is 4.79 Å². The lowest BCUT2D eigenvalue weighted by Crippen LogP contribution is -2.56. The zero-order valence-electron chi connectivity index (χ0n) is 18.0. The van der Waals surface area contributed by atoms with Gasteiger partial charge in [0.15, 0.2) is 5.82 Å². The number of aryl methyl sites for hydroxylation is 1. The first-order valence-electron chi connectivity index (χ1n) is 11.8. The van der Waals surface area contributed by atoms with Crippen molar-refractivity contribution in [3.05, 3.63) is 47.6 Å². The highest BCUT2D eigenvalue weighted by molar-refractivity contribution is 5.76. The molecule has 1 aromatic carbocycles. The molecule has 160 valence electrons. The maximum atomic E-state index is 12.8. The molecular formula is C25H33N3O2. The monoisotopic (exact) mass is 407 g/mol. The van der Waals surface area contributed by atoms with Gasteiger partial charge in [-0.15, -0.1) is 0 Å². The Labute approximate surface area is 179 Å². The lowest BCUT2D eigenvalue weighted by atomic mass is 9.47. The van der Waals surface area contributed by atoms with Crippen molar-refractivity contribution in [3.63, 3.8) is 0 Å². The summed E-state index contributed by atoms with van der Waals surface area (Å²) in [4.78, 5) is 17.2. The number of nitrogens with one attached hydrogen (secondary N) is 1. The maximum Gasteiger partial charge on any atom is 0.227 e. The van der Waals surface area contributed by atoms with Gasteiger partial charge < -0.3 is 9.84 Å². The topological polar surface area (TPSA) is 68.0 Å². The van der Waals surface area contributed by atoms with Gasteiger partial charge in [-0.1, -0.05) is 42.4 Å². The maximum absolute atomic E-state index is 12.8. The molecule has 1 amide bonds. The summed E-state index contributed by atoms with van der Waals surface area (Å²) >= 11 is 0. The van der Waals surface area contributed by atoms with Gasteiger partial charge in [0.2, 0.25) is 11.8 Å². The third-order valence-electron chi connectivity index (χ3n) is 7.85. The van der Waals surface area contributed by atoms with Gasteiger partial charge in [-0.05, 0) is 73.7 Å². The van der Waals surface area contributed by atoms with E-state index in [9.17, 15) is 4.79 Å². The Morgan fingerprint density at radius 3 is 2.43 bits per heavy atom. The predicted octanol–water partition coefficient (Wildman–Crippen LogP) is 4.70. The van der Waals surface area contributed by atoms with Crippen LogP contribution in [0.25, 0.3) is 0 Å². The van der Waals surface area contributed by atoms with Crippen molar-refractivity contribution in [1.82, 2.24) is 15.5 Å². The van der Waals surface area contributed by atoms with E-state index in [-0.39, 0.29) is 5.91 Å². The summed E-state index contributed by atoms with van der Waals surface area (Å²) in [7, 11) is 0. The van der Waals surface area contributed by atoms with Crippen molar-refractivity contribution < 1.29 is 9.32 Å². The fourth-order valence-electron chi connectivity index (χ4n) is 7.02. The van der Waals surface area contributed by atoms with Crippen molar-refractivity contribution in [2.45, 2.75) is 77.2 Å². The molecule has 0 radical (unpaired) electrons. The zero-order chi connectivity index (χ0) is 20.6. The largest absolute Gasteiger partial charge is 0.353 e. The van der Waals surface area contributed by atoms with E-state index in [1.165, 1.54) is 38.5 Å². The Bertz CT molecular complexity index is 840. The van der Waals surface area contributed by atoms with Crippen LogP contribution < -0.4 is 5.32 Å². The fraction of sp³-hybridized carbons (Fsp3) is 0.640. The number of carbonyl (C=O) groups is 1.